The maximum Gasteiger partial charge on any atom is 0.268 e. The Balaban J connectivity index is 1.60. The molecule has 1 aromatic heterocycles. The number of sulfonamides is 1. The predicted molar refractivity (Wildman–Crippen MR) is 121 cm³/mol. The van der Waals surface area contributed by atoms with Crippen LogP contribution in [0.4, 0.5) is 11.9 Å². The lowest BCUT2D eigenvalue weighted by atomic mass is 10.1. The van der Waals surface area contributed by atoms with Crippen molar-refractivity contribution in [2.24, 2.45) is 0 Å². The molecule has 0 spiro atoms. The first-order chi connectivity index (χ1) is 15.8. The van der Waals surface area contributed by atoms with Crippen molar-refractivity contribution in [1.82, 2.24) is 14.8 Å². The Morgan fingerprint density at radius 1 is 0.788 bits per heavy atom. The van der Waals surface area contributed by atoms with Gasteiger partial charge in [0, 0.05) is 0 Å². The molecular weight excluding hydrogens is 442 g/mol. The summed E-state index contributed by atoms with van der Waals surface area (Å²) in [4.78, 5) is 31.2. The third-order valence-corrected chi connectivity index (χ3v) is 6.49. The second kappa shape index (κ2) is 7.68. The van der Waals surface area contributed by atoms with E-state index >= 15 is 0 Å². The quantitative estimate of drug-likeness (QED) is 0.459. The lowest BCUT2D eigenvalue weighted by molar-refractivity contribution is 0.0923. The van der Waals surface area contributed by atoms with E-state index in [0.29, 0.717) is 5.69 Å². The van der Waals surface area contributed by atoms with E-state index in [4.69, 9.17) is 0 Å². The number of nitrogens with zero attached hydrogens (tertiary/aromatic N) is 4. The Morgan fingerprint density at radius 2 is 1.36 bits per heavy atom. The van der Waals surface area contributed by atoms with Crippen LogP contribution in [0, 0.1) is 6.92 Å². The molecule has 9 nitrogen and oxygen atoms in total. The van der Waals surface area contributed by atoms with Gasteiger partial charge in [-0.15, -0.1) is 5.10 Å². The zero-order valence-electron chi connectivity index (χ0n) is 17.3. The summed E-state index contributed by atoms with van der Waals surface area (Å²) in [6.45, 7) is 1.85. The maximum absolute atomic E-state index is 13.0. The summed E-state index contributed by atoms with van der Waals surface area (Å²) in [5.41, 5.74) is 1.89. The van der Waals surface area contributed by atoms with Gasteiger partial charge in [0.15, 0.2) is 0 Å². The van der Waals surface area contributed by atoms with E-state index in [2.05, 4.69) is 14.8 Å². The highest BCUT2D eigenvalue weighted by Crippen LogP contribution is 2.30. The summed E-state index contributed by atoms with van der Waals surface area (Å²) in [7, 11) is -4.00. The van der Waals surface area contributed by atoms with Crippen LogP contribution in [-0.4, -0.2) is 35.0 Å². The first kappa shape index (κ1) is 20.6. The number of aromatic nitrogens is 3. The van der Waals surface area contributed by atoms with Crippen LogP contribution in [0.3, 0.4) is 0 Å². The molecule has 0 aliphatic carbocycles. The highest BCUT2D eigenvalue weighted by atomic mass is 32.2. The van der Waals surface area contributed by atoms with Crippen LogP contribution in [0.5, 0.6) is 0 Å². The molecule has 164 valence electrons. The Morgan fingerprint density at radius 3 is 1.97 bits per heavy atom. The fourth-order valence-corrected chi connectivity index (χ4v) is 4.44. The molecule has 0 unspecified atom stereocenters. The Kier molecular flexibility index (Phi) is 4.79. The Bertz CT molecular complexity index is 1460. The van der Waals surface area contributed by atoms with Crippen LogP contribution in [0.25, 0.3) is 5.69 Å². The van der Waals surface area contributed by atoms with Crippen molar-refractivity contribution >= 4 is 33.7 Å². The molecule has 33 heavy (non-hydrogen) atoms. The van der Waals surface area contributed by atoms with Gasteiger partial charge < -0.3 is 0 Å². The average molecular weight is 459 g/mol. The molecule has 5 rings (SSSR count). The number of amides is 2. The SMILES string of the molecule is Cc1ccc(S(=O)(=O)Nc2nc(N3C(=O)c4ccccc4C3=O)n(-c3ccccc3)n2)cc1. The molecule has 0 bridgehead atoms. The smallest absolute Gasteiger partial charge is 0.268 e. The van der Waals surface area contributed by atoms with Crippen LogP contribution >= 0.6 is 0 Å². The van der Waals surface area contributed by atoms with Crippen LogP contribution in [0.15, 0.2) is 83.8 Å². The zero-order valence-corrected chi connectivity index (χ0v) is 18.2. The molecule has 0 saturated heterocycles. The topological polar surface area (TPSA) is 114 Å². The second-order valence-corrected chi connectivity index (χ2v) is 9.08. The Labute approximate surface area is 189 Å². The molecule has 3 aromatic carbocycles. The minimum atomic E-state index is -4.00. The van der Waals surface area contributed by atoms with Crippen molar-refractivity contribution in [3.63, 3.8) is 0 Å². The van der Waals surface area contributed by atoms with Crippen LogP contribution in [0.2, 0.25) is 0 Å². The minimum absolute atomic E-state index is 0.0337. The number of fused-ring (bicyclic) bond motifs is 1. The molecule has 10 heteroatoms. The van der Waals surface area contributed by atoms with E-state index in [1.165, 1.54) is 16.8 Å². The zero-order chi connectivity index (χ0) is 23.2. The third kappa shape index (κ3) is 3.56. The van der Waals surface area contributed by atoms with Crippen LogP contribution in [-0.2, 0) is 10.0 Å². The standard InChI is InChI=1S/C23H17N5O4S/c1-15-11-13-17(14-12-15)33(31,32)26-22-24-23(28(25-22)16-7-3-2-4-8-16)27-20(29)18-9-5-6-10-19(18)21(27)30/h2-14H,1H3,(H,25,26). The van der Waals surface area contributed by atoms with E-state index in [0.717, 1.165) is 10.5 Å². The van der Waals surface area contributed by atoms with Gasteiger partial charge in [0.25, 0.3) is 27.8 Å². The molecule has 1 aliphatic heterocycles. The number of anilines is 2. The van der Waals surface area contributed by atoms with Crippen molar-refractivity contribution in [3.8, 4) is 5.69 Å². The number of carbonyl (C=O) groups is 2. The van der Waals surface area contributed by atoms with E-state index in [1.807, 2.05) is 6.92 Å². The number of benzene rings is 3. The molecule has 4 aromatic rings. The summed E-state index contributed by atoms with van der Waals surface area (Å²) in [6.07, 6.45) is 0. The minimum Gasteiger partial charge on any atom is -0.268 e. The molecule has 0 atom stereocenters. The molecule has 2 heterocycles. The summed E-state index contributed by atoms with van der Waals surface area (Å²) in [6, 6.07) is 21.4. The van der Waals surface area contributed by atoms with Crippen molar-refractivity contribution < 1.29 is 18.0 Å². The summed E-state index contributed by atoms with van der Waals surface area (Å²) < 4.78 is 29.3. The highest BCUT2D eigenvalue weighted by Gasteiger charge is 2.40. The molecule has 2 amide bonds. The maximum atomic E-state index is 13.0. The molecule has 0 saturated carbocycles. The van der Waals surface area contributed by atoms with Gasteiger partial charge in [0.05, 0.1) is 21.7 Å². The summed E-state index contributed by atoms with van der Waals surface area (Å²) >= 11 is 0. The third-order valence-electron chi connectivity index (χ3n) is 5.14. The first-order valence-electron chi connectivity index (χ1n) is 9.95. The van der Waals surface area contributed by atoms with Gasteiger partial charge in [-0.25, -0.2) is 18.0 Å². The number of hydrogen-bond acceptors (Lipinski definition) is 6. The fraction of sp³-hybridized carbons (Fsp3) is 0.0435. The van der Waals surface area contributed by atoms with Crippen LogP contribution < -0.4 is 9.62 Å². The van der Waals surface area contributed by atoms with Gasteiger partial charge in [-0.1, -0.05) is 48.0 Å². The summed E-state index contributed by atoms with van der Waals surface area (Å²) in [5, 5.41) is 4.25. The average Bonchev–Trinajstić information content (AvgIpc) is 3.32. The summed E-state index contributed by atoms with van der Waals surface area (Å²) in [5.74, 6) is -1.51. The molecular formula is C23H17N5O4S. The predicted octanol–water partition coefficient (Wildman–Crippen LogP) is 3.18. The normalized spacial score (nSPS) is 13.3. The fourth-order valence-electron chi connectivity index (χ4n) is 3.50. The van der Waals surface area contributed by atoms with Gasteiger partial charge in [0.2, 0.25) is 5.95 Å². The number of imide groups is 1. The highest BCUT2D eigenvalue weighted by molar-refractivity contribution is 7.92. The second-order valence-electron chi connectivity index (χ2n) is 7.39. The lowest BCUT2D eigenvalue weighted by Gasteiger charge is -2.13. The number of hydrogen-bond donors (Lipinski definition) is 1. The molecule has 1 N–H and O–H groups in total. The van der Waals surface area contributed by atoms with Gasteiger partial charge >= 0.3 is 0 Å². The van der Waals surface area contributed by atoms with Crippen LogP contribution in [0.1, 0.15) is 26.3 Å². The lowest BCUT2D eigenvalue weighted by Crippen LogP contribution is -2.32. The molecule has 0 fully saturated rings. The van der Waals surface area contributed by atoms with Gasteiger partial charge in [0.1, 0.15) is 0 Å². The van der Waals surface area contributed by atoms with Crippen molar-refractivity contribution in [2.45, 2.75) is 11.8 Å². The molecule has 1 aliphatic rings. The van der Waals surface area contributed by atoms with Crippen molar-refractivity contribution in [1.29, 1.82) is 0 Å². The number of aryl methyl sites for hydroxylation is 1. The number of rotatable bonds is 5. The van der Waals surface area contributed by atoms with E-state index in [9.17, 15) is 18.0 Å². The van der Waals surface area contributed by atoms with E-state index in [1.54, 1.807) is 66.7 Å². The van der Waals surface area contributed by atoms with E-state index in [-0.39, 0.29) is 27.9 Å². The monoisotopic (exact) mass is 459 g/mol. The van der Waals surface area contributed by atoms with Gasteiger partial charge in [-0.2, -0.15) is 9.67 Å². The number of nitrogens with one attached hydrogen (secondary N) is 1. The van der Waals surface area contributed by atoms with E-state index < -0.39 is 21.8 Å². The largest absolute Gasteiger partial charge is 0.268 e. The van der Waals surface area contributed by atoms with Gasteiger partial charge in [-0.3, -0.25) is 9.59 Å². The number of para-hydroxylation sites is 1. The van der Waals surface area contributed by atoms with Crippen molar-refractivity contribution in [2.75, 3.05) is 9.62 Å². The van der Waals surface area contributed by atoms with Crippen molar-refractivity contribution in [3.05, 3.63) is 95.6 Å². The number of carbonyl (C=O) groups excluding carboxylic acids is 2. The Hall–Kier alpha value is -4.31. The molecule has 0 radical (unpaired) electrons. The van der Waals surface area contributed by atoms with Gasteiger partial charge in [-0.05, 0) is 43.3 Å². The first-order valence-corrected chi connectivity index (χ1v) is 11.4.